The van der Waals surface area contributed by atoms with Crippen LogP contribution in [0.2, 0.25) is 0 Å². The second kappa shape index (κ2) is 10.0. The van der Waals surface area contributed by atoms with Crippen molar-refractivity contribution in [3.8, 4) is 5.75 Å². The van der Waals surface area contributed by atoms with Crippen LogP contribution >= 0.6 is 11.8 Å². The Kier molecular flexibility index (Phi) is 7.72. The monoisotopic (exact) mass is 391 g/mol. The van der Waals surface area contributed by atoms with Gasteiger partial charge in [-0.2, -0.15) is 0 Å². The maximum absolute atomic E-state index is 12.0. The fourth-order valence-corrected chi connectivity index (χ4v) is 3.07. The van der Waals surface area contributed by atoms with Gasteiger partial charge in [-0.3, -0.25) is 9.59 Å². The van der Waals surface area contributed by atoms with Gasteiger partial charge in [-0.1, -0.05) is 11.2 Å². The number of carbonyl (C=O) groups excluding carboxylic acids is 2. The van der Waals surface area contributed by atoms with E-state index in [0.29, 0.717) is 24.7 Å². The molecule has 0 fully saturated rings. The molecule has 1 aromatic carbocycles. The van der Waals surface area contributed by atoms with Crippen molar-refractivity contribution < 1.29 is 18.8 Å². The van der Waals surface area contributed by atoms with Gasteiger partial charge in [0.25, 0.3) is 0 Å². The van der Waals surface area contributed by atoms with E-state index in [1.807, 2.05) is 26.0 Å². The molecule has 1 heterocycles. The molecule has 2 N–H and O–H groups in total. The average Bonchev–Trinajstić information content (AvgIpc) is 3.00. The largest absolute Gasteiger partial charge is 0.492 e. The number of thioether (sulfide) groups is 1. The summed E-state index contributed by atoms with van der Waals surface area (Å²) in [4.78, 5) is 23.9. The third-order valence-corrected chi connectivity index (χ3v) is 4.74. The van der Waals surface area contributed by atoms with Crippen molar-refractivity contribution in [2.75, 3.05) is 24.2 Å². The van der Waals surface area contributed by atoms with Crippen LogP contribution in [0, 0.1) is 20.8 Å². The number of aryl methyl sites for hydroxylation is 3. The first-order valence-electron chi connectivity index (χ1n) is 8.67. The molecule has 0 saturated carbocycles. The lowest BCUT2D eigenvalue weighted by atomic mass is 10.1. The summed E-state index contributed by atoms with van der Waals surface area (Å²) in [6, 6.07) is 7.63. The topological polar surface area (TPSA) is 93.5 Å². The number of benzene rings is 1. The number of ether oxygens (including phenoxy) is 1. The standard InChI is InChI=1S/C19H25N3O4S/c1-12-7-13(2)9-16(8-12)25-6-5-20-18(23)11-27-15(4)19(24)21-17-10-14(3)26-22-17/h7-10,15H,5-6,11H2,1-4H3,(H,20,23)(H,21,22,24). The molecular weight excluding hydrogens is 366 g/mol. The second-order valence-corrected chi connectivity index (χ2v) is 7.62. The fraction of sp³-hybridized carbons (Fsp3) is 0.421. The van der Waals surface area contributed by atoms with Crippen molar-refractivity contribution in [1.29, 1.82) is 0 Å². The molecule has 0 radical (unpaired) electrons. The van der Waals surface area contributed by atoms with Gasteiger partial charge in [0.15, 0.2) is 5.82 Å². The predicted octanol–water partition coefficient (Wildman–Crippen LogP) is 2.86. The lowest BCUT2D eigenvalue weighted by Crippen LogP contribution is -2.31. The van der Waals surface area contributed by atoms with Crippen molar-refractivity contribution in [2.24, 2.45) is 0 Å². The van der Waals surface area contributed by atoms with Gasteiger partial charge in [-0.15, -0.1) is 11.8 Å². The fourth-order valence-electron chi connectivity index (χ4n) is 2.36. The van der Waals surface area contributed by atoms with Gasteiger partial charge >= 0.3 is 0 Å². The Morgan fingerprint density at radius 1 is 1.19 bits per heavy atom. The highest BCUT2D eigenvalue weighted by Gasteiger charge is 2.16. The summed E-state index contributed by atoms with van der Waals surface area (Å²) in [7, 11) is 0. The molecule has 0 aliphatic rings. The smallest absolute Gasteiger partial charge is 0.238 e. The highest BCUT2D eigenvalue weighted by atomic mass is 32.2. The van der Waals surface area contributed by atoms with Crippen LogP contribution in [0.4, 0.5) is 5.82 Å². The lowest BCUT2D eigenvalue weighted by Gasteiger charge is -2.11. The van der Waals surface area contributed by atoms with E-state index in [9.17, 15) is 9.59 Å². The predicted molar refractivity (Wildman–Crippen MR) is 106 cm³/mol. The molecule has 0 aliphatic carbocycles. The number of hydrogen-bond donors (Lipinski definition) is 2. The van der Waals surface area contributed by atoms with E-state index in [1.165, 1.54) is 11.8 Å². The Balaban J connectivity index is 1.63. The van der Waals surface area contributed by atoms with Gasteiger partial charge in [0.2, 0.25) is 11.8 Å². The molecule has 0 spiro atoms. The first kappa shape index (κ1) is 20.8. The Hall–Kier alpha value is -2.48. The molecule has 0 saturated heterocycles. The molecule has 0 bridgehead atoms. The lowest BCUT2D eigenvalue weighted by molar-refractivity contribution is -0.118. The summed E-state index contributed by atoms with van der Waals surface area (Å²) in [5, 5.41) is 8.76. The van der Waals surface area contributed by atoms with Crippen LogP contribution in [-0.2, 0) is 9.59 Å². The molecule has 1 atom stereocenters. The van der Waals surface area contributed by atoms with Crippen molar-refractivity contribution in [2.45, 2.75) is 32.9 Å². The molecule has 146 valence electrons. The van der Waals surface area contributed by atoms with Gasteiger partial charge in [-0.25, -0.2) is 0 Å². The molecule has 2 amide bonds. The van der Waals surface area contributed by atoms with Crippen LogP contribution in [0.25, 0.3) is 0 Å². The van der Waals surface area contributed by atoms with Gasteiger partial charge in [0.05, 0.1) is 17.5 Å². The van der Waals surface area contributed by atoms with E-state index in [-0.39, 0.29) is 22.8 Å². The van der Waals surface area contributed by atoms with Crippen LogP contribution < -0.4 is 15.4 Å². The first-order valence-corrected chi connectivity index (χ1v) is 9.72. The van der Waals surface area contributed by atoms with Gasteiger partial charge in [-0.05, 0) is 51.0 Å². The molecule has 2 aromatic rings. The zero-order valence-corrected chi connectivity index (χ0v) is 16.8. The normalized spacial score (nSPS) is 11.7. The van der Waals surface area contributed by atoms with Crippen LogP contribution in [-0.4, -0.2) is 41.1 Å². The molecule has 0 aliphatic heterocycles. The summed E-state index contributed by atoms with van der Waals surface area (Å²) >= 11 is 1.25. The Morgan fingerprint density at radius 2 is 1.89 bits per heavy atom. The third kappa shape index (κ3) is 7.34. The number of carbonyl (C=O) groups is 2. The van der Waals surface area contributed by atoms with Gasteiger partial charge < -0.3 is 19.9 Å². The zero-order chi connectivity index (χ0) is 19.8. The average molecular weight is 391 g/mol. The Morgan fingerprint density at radius 3 is 2.52 bits per heavy atom. The van der Waals surface area contributed by atoms with E-state index in [0.717, 1.165) is 16.9 Å². The second-order valence-electron chi connectivity index (χ2n) is 6.29. The van der Waals surface area contributed by atoms with E-state index < -0.39 is 0 Å². The van der Waals surface area contributed by atoms with Crippen molar-refractivity contribution in [1.82, 2.24) is 10.5 Å². The summed E-state index contributed by atoms with van der Waals surface area (Å²) in [6.45, 7) is 8.31. The molecule has 8 heteroatoms. The number of nitrogens with zero attached hydrogens (tertiary/aromatic N) is 1. The highest BCUT2D eigenvalue weighted by Crippen LogP contribution is 2.16. The van der Waals surface area contributed by atoms with Gasteiger partial charge in [0, 0.05) is 6.07 Å². The van der Waals surface area contributed by atoms with E-state index >= 15 is 0 Å². The summed E-state index contributed by atoms with van der Waals surface area (Å²) < 4.78 is 10.5. The summed E-state index contributed by atoms with van der Waals surface area (Å²) in [6.07, 6.45) is 0. The van der Waals surface area contributed by atoms with Crippen LogP contribution in [0.15, 0.2) is 28.8 Å². The SMILES string of the molecule is Cc1cc(C)cc(OCCNC(=O)CSC(C)C(=O)Nc2cc(C)on2)c1. The highest BCUT2D eigenvalue weighted by molar-refractivity contribution is 8.01. The maximum atomic E-state index is 12.0. The molecular formula is C19H25N3O4S. The minimum Gasteiger partial charge on any atom is -0.492 e. The molecule has 1 unspecified atom stereocenters. The van der Waals surface area contributed by atoms with E-state index in [4.69, 9.17) is 9.26 Å². The maximum Gasteiger partial charge on any atom is 0.238 e. The molecule has 2 rings (SSSR count). The number of amides is 2. The number of rotatable bonds is 9. The molecule has 7 nitrogen and oxygen atoms in total. The van der Waals surface area contributed by atoms with E-state index in [1.54, 1.807) is 19.9 Å². The number of aromatic nitrogens is 1. The minimum atomic E-state index is -0.390. The quantitative estimate of drug-likeness (QED) is 0.639. The Bertz CT molecular complexity index is 771. The summed E-state index contributed by atoms with van der Waals surface area (Å²) in [5.41, 5.74) is 2.27. The van der Waals surface area contributed by atoms with Crippen LogP contribution in [0.5, 0.6) is 5.75 Å². The molecule has 27 heavy (non-hydrogen) atoms. The summed E-state index contributed by atoms with van der Waals surface area (Å²) in [5.74, 6) is 1.62. The molecule has 1 aromatic heterocycles. The minimum absolute atomic E-state index is 0.138. The zero-order valence-electron chi connectivity index (χ0n) is 16.0. The van der Waals surface area contributed by atoms with Crippen molar-refractivity contribution in [3.63, 3.8) is 0 Å². The van der Waals surface area contributed by atoms with Crippen LogP contribution in [0.3, 0.4) is 0 Å². The number of hydrogen-bond acceptors (Lipinski definition) is 6. The Labute approximate surface area is 163 Å². The van der Waals surface area contributed by atoms with E-state index in [2.05, 4.69) is 21.9 Å². The first-order chi connectivity index (χ1) is 12.8. The van der Waals surface area contributed by atoms with Crippen LogP contribution in [0.1, 0.15) is 23.8 Å². The van der Waals surface area contributed by atoms with Gasteiger partial charge in [0.1, 0.15) is 18.1 Å². The number of nitrogens with one attached hydrogen (secondary N) is 2. The third-order valence-electron chi connectivity index (χ3n) is 3.60. The van der Waals surface area contributed by atoms with Crippen molar-refractivity contribution >= 4 is 29.4 Å². The number of anilines is 1. The van der Waals surface area contributed by atoms with Crippen molar-refractivity contribution in [3.05, 3.63) is 41.2 Å².